The van der Waals surface area contributed by atoms with Crippen LogP contribution in [-0.4, -0.2) is 49.8 Å². The molecule has 0 radical (unpaired) electrons. The molecule has 7 heteroatoms. The number of anilines is 1. The second kappa shape index (κ2) is 10.4. The zero-order valence-corrected chi connectivity index (χ0v) is 21.0. The number of carbonyl (C=O) groups excluding carboxylic acids is 1. The van der Waals surface area contributed by atoms with E-state index in [2.05, 4.69) is 22.4 Å². The molecule has 1 aliphatic carbocycles. The second-order valence-electron chi connectivity index (χ2n) is 9.87. The Morgan fingerprint density at radius 3 is 2.61 bits per heavy atom. The van der Waals surface area contributed by atoms with Crippen molar-refractivity contribution in [3.63, 3.8) is 0 Å². The SMILES string of the molecule is COc1ccc(NC(=O)c2cc3cc(C4(O)CCN(C[C@@H]5CC=CCC5)CC4)ccc3o2)cc1OC. The first-order chi connectivity index (χ1) is 17.5. The van der Waals surface area contributed by atoms with Crippen molar-refractivity contribution in [3.05, 3.63) is 65.9 Å². The molecule has 1 fully saturated rings. The summed E-state index contributed by atoms with van der Waals surface area (Å²) >= 11 is 0. The van der Waals surface area contributed by atoms with Crippen LogP contribution in [0.15, 0.2) is 59.0 Å². The molecule has 5 rings (SSSR count). The lowest BCUT2D eigenvalue weighted by molar-refractivity contribution is -0.0289. The largest absolute Gasteiger partial charge is 0.493 e. The Kier molecular flexibility index (Phi) is 7.03. The molecule has 0 spiro atoms. The standard InChI is InChI=1S/C29H34N2O5/c1-34-25-11-9-23(18-26(25)35-2)30-28(32)27-17-21-16-22(8-10-24(21)36-27)29(33)12-14-31(15-13-29)19-20-6-4-3-5-7-20/h3-4,8-11,16-18,20,33H,5-7,12-15,19H2,1-2H3,(H,30,32)/t20-/m1/s1. The third kappa shape index (κ3) is 5.13. The zero-order valence-electron chi connectivity index (χ0n) is 21.0. The monoisotopic (exact) mass is 490 g/mol. The van der Waals surface area contributed by atoms with Crippen molar-refractivity contribution >= 4 is 22.6 Å². The number of ether oxygens (including phenoxy) is 2. The minimum atomic E-state index is -0.865. The molecular formula is C29H34N2O5. The number of allylic oxidation sites excluding steroid dienone is 2. The van der Waals surface area contributed by atoms with Crippen molar-refractivity contribution in [3.8, 4) is 11.5 Å². The van der Waals surface area contributed by atoms with E-state index in [1.54, 1.807) is 38.5 Å². The number of methoxy groups -OCH3 is 2. The van der Waals surface area contributed by atoms with Crippen molar-refractivity contribution in [2.45, 2.75) is 37.7 Å². The van der Waals surface area contributed by atoms with Crippen molar-refractivity contribution in [2.75, 3.05) is 39.2 Å². The van der Waals surface area contributed by atoms with E-state index in [0.717, 1.165) is 36.5 Å². The van der Waals surface area contributed by atoms with E-state index in [-0.39, 0.29) is 11.7 Å². The molecule has 2 heterocycles. The number of aliphatic hydroxyl groups is 1. The lowest BCUT2D eigenvalue weighted by Gasteiger charge is -2.40. The Morgan fingerprint density at radius 2 is 1.89 bits per heavy atom. The summed E-state index contributed by atoms with van der Waals surface area (Å²) in [5.74, 6) is 1.69. The number of benzene rings is 2. The van der Waals surface area contributed by atoms with Crippen LogP contribution in [0, 0.1) is 5.92 Å². The number of likely N-dealkylation sites (tertiary alicyclic amines) is 1. The molecule has 1 atom stereocenters. The van der Waals surface area contributed by atoms with Crippen LogP contribution in [-0.2, 0) is 5.60 Å². The van der Waals surface area contributed by atoms with Gasteiger partial charge < -0.3 is 29.2 Å². The molecule has 190 valence electrons. The van der Waals surface area contributed by atoms with Gasteiger partial charge in [-0.1, -0.05) is 18.2 Å². The van der Waals surface area contributed by atoms with Crippen LogP contribution in [0.5, 0.6) is 11.5 Å². The van der Waals surface area contributed by atoms with E-state index in [0.29, 0.717) is 35.6 Å². The van der Waals surface area contributed by atoms with Crippen LogP contribution in [0.2, 0.25) is 0 Å². The van der Waals surface area contributed by atoms with Crippen LogP contribution in [0.4, 0.5) is 5.69 Å². The fourth-order valence-electron chi connectivity index (χ4n) is 5.33. The van der Waals surface area contributed by atoms with Crippen molar-refractivity contribution in [1.82, 2.24) is 4.90 Å². The highest BCUT2D eigenvalue weighted by molar-refractivity contribution is 6.04. The van der Waals surface area contributed by atoms with Gasteiger partial charge in [0.2, 0.25) is 0 Å². The van der Waals surface area contributed by atoms with Gasteiger partial charge in [-0.05, 0) is 73.9 Å². The molecule has 1 saturated heterocycles. The average molecular weight is 491 g/mol. The number of rotatable bonds is 7. The van der Waals surface area contributed by atoms with Crippen molar-refractivity contribution < 1.29 is 23.8 Å². The Morgan fingerprint density at radius 1 is 1.08 bits per heavy atom. The van der Waals surface area contributed by atoms with E-state index >= 15 is 0 Å². The van der Waals surface area contributed by atoms with E-state index in [1.807, 2.05) is 18.2 Å². The Labute approximate surface area is 211 Å². The molecule has 36 heavy (non-hydrogen) atoms. The highest BCUT2D eigenvalue weighted by Gasteiger charge is 2.35. The lowest BCUT2D eigenvalue weighted by Crippen LogP contribution is -2.44. The molecule has 3 aromatic rings. The van der Waals surface area contributed by atoms with Gasteiger partial charge in [-0.15, -0.1) is 0 Å². The molecule has 1 aliphatic heterocycles. The van der Waals surface area contributed by atoms with Gasteiger partial charge in [0.05, 0.1) is 19.8 Å². The highest BCUT2D eigenvalue weighted by atomic mass is 16.5. The van der Waals surface area contributed by atoms with Gasteiger partial charge in [0.15, 0.2) is 17.3 Å². The summed E-state index contributed by atoms with van der Waals surface area (Å²) in [5, 5.41) is 15.1. The zero-order chi connectivity index (χ0) is 25.1. The van der Waals surface area contributed by atoms with E-state index in [4.69, 9.17) is 13.9 Å². The number of nitrogens with zero attached hydrogens (tertiary/aromatic N) is 1. The molecule has 2 aliphatic rings. The molecule has 2 N–H and O–H groups in total. The van der Waals surface area contributed by atoms with Crippen LogP contribution in [0.3, 0.4) is 0 Å². The second-order valence-corrected chi connectivity index (χ2v) is 9.87. The van der Waals surface area contributed by atoms with E-state index in [1.165, 1.54) is 19.3 Å². The maximum atomic E-state index is 12.9. The van der Waals surface area contributed by atoms with Crippen molar-refractivity contribution in [1.29, 1.82) is 0 Å². The molecule has 0 bridgehead atoms. The number of furan rings is 1. The van der Waals surface area contributed by atoms with Crippen LogP contribution < -0.4 is 14.8 Å². The van der Waals surface area contributed by atoms with Crippen molar-refractivity contribution in [2.24, 2.45) is 5.92 Å². The van der Waals surface area contributed by atoms with Gasteiger partial charge in [-0.25, -0.2) is 0 Å². The third-order valence-electron chi connectivity index (χ3n) is 7.50. The summed E-state index contributed by atoms with van der Waals surface area (Å²) < 4.78 is 16.4. The Bertz CT molecular complexity index is 1260. The number of amides is 1. The summed E-state index contributed by atoms with van der Waals surface area (Å²) in [6.07, 6.45) is 9.59. The van der Waals surface area contributed by atoms with Crippen LogP contribution >= 0.6 is 0 Å². The number of fused-ring (bicyclic) bond motifs is 1. The molecular weight excluding hydrogens is 456 g/mol. The first kappa shape index (κ1) is 24.4. The predicted octanol–water partition coefficient (Wildman–Crippen LogP) is 5.34. The molecule has 0 unspecified atom stereocenters. The summed E-state index contributed by atoms with van der Waals surface area (Å²) in [7, 11) is 3.11. The molecule has 0 saturated carbocycles. The molecule has 1 amide bonds. The Hall–Kier alpha value is -3.29. The van der Waals surface area contributed by atoms with Gasteiger partial charge in [-0.3, -0.25) is 4.79 Å². The number of carbonyl (C=O) groups is 1. The van der Waals surface area contributed by atoms with Gasteiger partial charge in [0.1, 0.15) is 5.58 Å². The number of hydrogen-bond donors (Lipinski definition) is 2. The first-order valence-corrected chi connectivity index (χ1v) is 12.6. The maximum absolute atomic E-state index is 12.9. The topological polar surface area (TPSA) is 84.2 Å². The fraction of sp³-hybridized carbons (Fsp3) is 0.414. The fourth-order valence-corrected chi connectivity index (χ4v) is 5.33. The maximum Gasteiger partial charge on any atom is 0.291 e. The van der Waals surface area contributed by atoms with Crippen LogP contribution in [0.1, 0.15) is 48.2 Å². The van der Waals surface area contributed by atoms with Gasteiger partial charge in [0.25, 0.3) is 5.91 Å². The average Bonchev–Trinajstić information content (AvgIpc) is 3.34. The summed E-state index contributed by atoms with van der Waals surface area (Å²) in [6, 6.07) is 12.6. The van der Waals surface area contributed by atoms with Gasteiger partial charge in [0, 0.05) is 36.8 Å². The lowest BCUT2D eigenvalue weighted by atomic mass is 9.83. The van der Waals surface area contributed by atoms with Gasteiger partial charge in [-0.2, -0.15) is 0 Å². The smallest absolute Gasteiger partial charge is 0.291 e. The molecule has 2 aromatic carbocycles. The Balaban J connectivity index is 1.26. The predicted molar refractivity (Wildman–Crippen MR) is 140 cm³/mol. The van der Waals surface area contributed by atoms with E-state index < -0.39 is 5.60 Å². The third-order valence-corrected chi connectivity index (χ3v) is 7.50. The molecule has 7 nitrogen and oxygen atoms in total. The van der Waals surface area contributed by atoms with E-state index in [9.17, 15) is 9.90 Å². The quantitative estimate of drug-likeness (QED) is 0.435. The number of nitrogens with one attached hydrogen (secondary N) is 1. The highest BCUT2D eigenvalue weighted by Crippen LogP contribution is 2.36. The minimum absolute atomic E-state index is 0.209. The summed E-state index contributed by atoms with van der Waals surface area (Å²) in [4.78, 5) is 15.3. The van der Waals surface area contributed by atoms with Gasteiger partial charge >= 0.3 is 0 Å². The number of piperidine rings is 1. The minimum Gasteiger partial charge on any atom is -0.493 e. The normalized spacial score (nSPS) is 19.8. The molecule has 1 aromatic heterocycles. The number of hydrogen-bond acceptors (Lipinski definition) is 6. The summed E-state index contributed by atoms with van der Waals surface area (Å²) in [6.45, 7) is 2.89. The first-order valence-electron chi connectivity index (χ1n) is 12.6. The summed E-state index contributed by atoms with van der Waals surface area (Å²) in [5.41, 5.74) is 1.20. The van der Waals surface area contributed by atoms with Crippen LogP contribution in [0.25, 0.3) is 11.0 Å².